The number of carbonyl (C=O) groups is 1. The van der Waals surface area contributed by atoms with Crippen molar-refractivity contribution in [3.8, 4) is 16.9 Å². The number of hydrogen-bond acceptors (Lipinski definition) is 4. The van der Waals surface area contributed by atoms with Gasteiger partial charge in [0, 0.05) is 23.3 Å². The van der Waals surface area contributed by atoms with Crippen LogP contribution in [0.1, 0.15) is 12.0 Å². The Morgan fingerprint density at radius 3 is 2.80 bits per heavy atom. The number of aliphatic carboxylic acids is 1. The SMILES string of the molecule is O=C(O)CCOCc1cccc(-c2cc(-n3ccnc3)c3ccc(Cl)c(Cl)c3n2)c1. The fourth-order valence-electron chi connectivity index (χ4n) is 3.15. The largest absolute Gasteiger partial charge is 0.481 e. The second kappa shape index (κ2) is 8.83. The van der Waals surface area contributed by atoms with E-state index in [0.29, 0.717) is 22.2 Å². The highest BCUT2D eigenvalue weighted by Gasteiger charge is 2.14. The van der Waals surface area contributed by atoms with Crippen LogP contribution in [0.4, 0.5) is 0 Å². The zero-order valence-corrected chi connectivity index (χ0v) is 17.3. The predicted molar refractivity (Wildman–Crippen MR) is 116 cm³/mol. The summed E-state index contributed by atoms with van der Waals surface area (Å²) in [6, 6.07) is 13.4. The van der Waals surface area contributed by atoms with Gasteiger partial charge in [-0.15, -0.1) is 0 Å². The lowest BCUT2D eigenvalue weighted by atomic mass is 10.1. The average molecular weight is 442 g/mol. The summed E-state index contributed by atoms with van der Waals surface area (Å²) >= 11 is 12.7. The summed E-state index contributed by atoms with van der Waals surface area (Å²) in [6.45, 7) is 0.475. The van der Waals surface area contributed by atoms with Crippen LogP contribution in [-0.4, -0.2) is 32.2 Å². The lowest BCUT2D eigenvalue weighted by molar-refractivity contribution is -0.138. The Balaban J connectivity index is 1.75. The Morgan fingerprint density at radius 2 is 2.03 bits per heavy atom. The molecule has 0 saturated carbocycles. The summed E-state index contributed by atoms with van der Waals surface area (Å²) in [5.74, 6) is -0.883. The van der Waals surface area contributed by atoms with Gasteiger partial charge >= 0.3 is 5.97 Å². The number of pyridine rings is 1. The van der Waals surface area contributed by atoms with Crippen molar-refractivity contribution < 1.29 is 14.6 Å². The smallest absolute Gasteiger partial charge is 0.305 e. The summed E-state index contributed by atoms with van der Waals surface area (Å²) in [5.41, 5.74) is 4.01. The molecule has 6 nitrogen and oxygen atoms in total. The van der Waals surface area contributed by atoms with E-state index in [1.54, 1.807) is 18.6 Å². The molecule has 0 aliphatic rings. The Hall–Kier alpha value is -2.93. The highest BCUT2D eigenvalue weighted by atomic mass is 35.5. The molecule has 2 heterocycles. The van der Waals surface area contributed by atoms with Gasteiger partial charge in [0.05, 0.1) is 52.9 Å². The van der Waals surface area contributed by atoms with E-state index in [2.05, 4.69) is 4.98 Å². The first kappa shape index (κ1) is 20.3. The Kier molecular flexibility index (Phi) is 5.99. The molecule has 4 rings (SSSR count). The third kappa shape index (κ3) is 4.31. The summed E-state index contributed by atoms with van der Waals surface area (Å²) in [5, 5.41) is 10.4. The van der Waals surface area contributed by atoms with Crippen LogP contribution < -0.4 is 0 Å². The van der Waals surface area contributed by atoms with Crippen molar-refractivity contribution in [1.82, 2.24) is 14.5 Å². The minimum absolute atomic E-state index is 0.0283. The van der Waals surface area contributed by atoms with Crippen LogP contribution in [0.15, 0.2) is 61.2 Å². The van der Waals surface area contributed by atoms with Gasteiger partial charge in [-0.1, -0.05) is 41.4 Å². The number of halogens is 2. The van der Waals surface area contributed by atoms with Crippen LogP contribution in [0.25, 0.3) is 27.8 Å². The van der Waals surface area contributed by atoms with Gasteiger partial charge in [0.2, 0.25) is 0 Å². The van der Waals surface area contributed by atoms with E-state index >= 15 is 0 Å². The predicted octanol–water partition coefficient (Wildman–Crippen LogP) is 5.39. The Labute approximate surface area is 182 Å². The number of nitrogens with zero attached hydrogens (tertiary/aromatic N) is 3. The van der Waals surface area contributed by atoms with Gasteiger partial charge in [0.1, 0.15) is 0 Å². The van der Waals surface area contributed by atoms with Crippen LogP contribution >= 0.6 is 23.2 Å². The number of hydrogen-bond donors (Lipinski definition) is 1. The number of ether oxygens (including phenoxy) is 1. The molecule has 152 valence electrons. The van der Waals surface area contributed by atoms with Crippen molar-refractivity contribution >= 4 is 40.1 Å². The van der Waals surface area contributed by atoms with Crippen molar-refractivity contribution in [2.24, 2.45) is 0 Å². The van der Waals surface area contributed by atoms with Crippen LogP contribution in [0.5, 0.6) is 0 Å². The van der Waals surface area contributed by atoms with Gasteiger partial charge in [-0.25, -0.2) is 9.97 Å². The second-order valence-corrected chi connectivity index (χ2v) is 7.44. The monoisotopic (exact) mass is 441 g/mol. The number of carboxylic acid groups (broad SMARTS) is 1. The molecule has 0 spiro atoms. The van der Waals surface area contributed by atoms with Crippen LogP contribution in [0.2, 0.25) is 10.0 Å². The van der Waals surface area contributed by atoms with Crippen molar-refractivity contribution in [2.75, 3.05) is 6.61 Å². The van der Waals surface area contributed by atoms with Crippen LogP contribution in [0, 0.1) is 0 Å². The molecule has 2 aromatic heterocycles. The lowest BCUT2D eigenvalue weighted by Crippen LogP contribution is -2.02. The quantitative estimate of drug-likeness (QED) is 0.389. The summed E-state index contributed by atoms with van der Waals surface area (Å²) in [6.07, 6.45) is 5.25. The second-order valence-electron chi connectivity index (χ2n) is 6.65. The highest BCUT2D eigenvalue weighted by Crippen LogP contribution is 2.35. The molecule has 0 fully saturated rings. The summed E-state index contributed by atoms with van der Waals surface area (Å²) in [7, 11) is 0. The van der Waals surface area contributed by atoms with E-state index in [1.807, 2.05) is 47.2 Å². The van der Waals surface area contributed by atoms with Gasteiger partial charge in [0.25, 0.3) is 0 Å². The van der Waals surface area contributed by atoms with Gasteiger partial charge in [-0.2, -0.15) is 0 Å². The molecule has 0 aliphatic carbocycles. The average Bonchev–Trinajstić information content (AvgIpc) is 3.28. The molecule has 30 heavy (non-hydrogen) atoms. The molecule has 0 aliphatic heterocycles. The molecular weight excluding hydrogens is 425 g/mol. The molecule has 0 saturated heterocycles. The number of carboxylic acids is 1. The number of fused-ring (bicyclic) bond motifs is 1. The van der Waals surface area contributed by atoms with Gasteiger partial charge in [-0.3, -0.25) is 4.79 Å². The van der Waals surface area contributed by atoms with E-state index < -0.39 is 5.97 Å². The molecule has 4 aromatic rings. The molecule has 0 amide bonds. The standard InChI is InChI=1S/C22H17Cl2N3O3/c23-17-5-4-16-19(27-8-7-25-13-27)11-18(26-22(16)21(17)24)15-3-1-2-14(10-15)12-30-9-6-20(28)29/h1-5,7-8,10-11,13H,6,9,12H2,(H,28,29). The van der Waals surface area contributed by atoms with Crippen molar-refractivity contribution in [3.05, 3.63) is 76.8 Å². The molecular formula is C22H17Cl2N3O3. The Bertz CT molecular complexity index is 1210. The highest BCUT2D eigenvalue weighted by molar-refractivity contribution is 6.45. The van der Waals surface area contributed by atoms with Crippen molar-refractivity contribution in [2.45, 2.75) is 13.0 Å². The zero-order valence-electron chi connectivity index (χ0n) is 15.8. The first-order chi connectivity index (χ1) is 14.5. The fraction of sp³-hybridized carbons (Fsp3) is 0.136. The maximum Gasteiger partial charge on any atom is 0.305 e. The van der Waals surface area contributed by atoms with E-state index in [0.717, 1.165) is 27.9 Å². The van der Waals surface area contributed by atoms with E-state index in [-0.39, 0.29) is 13.0 Å². The van der Waals surface area contributed by atoms with Gasteiger partial charge < -0.3 is 14.4 Å². The zero-order chi connectivity index (χ0) is 21.1. The lowest BCUT2D eigenvalue weighted by Gasteiger charge is -2.13. The number of rotatable bonds is 7. The normalized spacial score (nSPS) is 11.1. The molecule has 0 atom stereocenters. The van der Waals surface area contributed by atoms with Gasteiger partial charge in [-0.05, 0) is 29.8 Å². The maximum atomic E-state index is 10.6. The fourth-order valence-corrected chi connectivity index (χ4v) is 3.51. The minimum Gasteiger partial charge on any atom is -0.481 e. The summed E-state index contributed by atoms with van der Waals surface area (Å²) < 4.78 is 7.36. The molecule has 0 radical (unpaired) electrons. The van der Waals surface area contributed by atoms with Crippen molar-refractivity contribution in [1.29, 1.82) is 0 Å². The minimum atomic E-state index is -0.883. The molecule has 0 unspecified atom stereocenters. The van der Waals surface area contributed by atoms with E-state index in [4.69, 9.17) is 38.0 Å². The first-order valence-corrected chi connectivity index (χ1v) is 9.94. The van der Waals surface area contributed by atoms with Crippen LogP contribution in [-0.2, 0) is 16.1 Å². The summed E-state index contributed by atoms with van der Waals surface area (Å²) in [4.78, 5) is 19.5. The number of imidazole rings is 1. The number of benzene rings is 2. The molecule has 8 heteroatoms. The van der Waals surface area contributed by atoms with Crippen molar-refractivity contribution in [3.63, 3.8) is 0 Å². The third-order valence-electron chi connectivity index (χ3n) is 4.58. The third-order valence-corrected chi connectivity index (χ3v) is 5.38. The first-order valence-electron chi connectivity index (χ1n) is 9.19. The number of aromatic nitrogens is 3. The molecule has 2 aromatic carbocycles. The topological polar surface area (TPSA) is 77.2 Å². The Morgan fingerprint density at radius 1 is 1.17 bits per heavy atom. The van der Waals surface area contributed by atoms with Crippen LogP contribution in [0.3, 0.4) is 0 Å². The molecule has 1 N–H and O–H groups in total. The van der Waals surface area contributed by atoms with E-state index in [9.17, 15) is 4.79 Å². The van der Waals surface area contributed by atoms with Gasteiger partial charge in [0.15, 0.2) is 0 Å². The maximum absolute atomic E-state index is 10.6. The van der Waals surface area contributed by atoms with E-state index in [1.165, 1.54) is 0 Å². The molecule has 0 bridgehead atoms.